The van der Waals surface area contributed by atoms with E-state index in [4.69, 9.17) is 28.2 Å². The molecule has 0 bridgehead atoms. The molecule has 1 aliphatic rings. The molecule has 1 saturated heterocycles. The zero-order chi connectivity index (χ0) is 13.2. The molecule has 100 valence electrons. The molecule has 0 aliphatic carbocycles. The number of piperidine rings is 1. The molecule has 2 nitrogen and oxygen atoms in total. The third-order valence-electron chi connectivity index (χ3n) is 3.42. The van der Waals surface area contributed by atoms with Crippen molar-refractivity contribution in [1.29, 1.82) is 0 Å². The maximum Gasteiger partial charge on any atom is 0.0964 e. The summed E-state index contributed by atoms with van der Waals surface area (Å²) in [7, 11) is 0. The van der Waals surface area contributed by atoms with Crippen LogP contribution >= 0.6 is 34.5 Å². The Kier molecular flexibility index (Phi) is 4.08. The summed E-state index contributed by atoms with van der Waals surface area (Å²) in [5.41, 5.74) is 1.92. The summed E-state index contributed by atoms with van der Waals surface area (Å²) < 4.78 is 0. The van der Waals surface area contributed by atoms with E-state index in [1.807, 2.05) is 12.1 Å². The number of hydrogen-bond acceptors (Lipinski definition) is 3. The third kappa shape index (κ3) is 2.95. The highest BCUT2D eigenvalue weighted by molar-refractivity contribution is 7.10. The van der Waals surface area contributed by atoms with Gasteiger partial charge in [-0.3, -0.25) is 0 Å². The van der Waals surface area contributed by atoms with Crippen molar-refractivity contribution in [3.63, 3.8) is 0 Å². The van der Waals surface area contributed by atoms with Crippen LogP contribution in [0.5, 0.6) is 0 Å². The Morgan fingerprint density at radius 2 is 2.00 bits per heavy atom. The molecular formula is C14H14Cl2N2S. The first-order valence-corrected chi connectivity index (χ1v) is 7.99. The molecule has 2 aromatic rings. The minimum Gasteiger partial charge on any atom is -0.317 e. The highest BCUT2D eigenvalue weighted by atomic mass is 35.5. The Hall–Kier alpha value is -0.610. The topological polar surface area (TPSA) is 24.9 Å². The summed E-state index contributed by atoms with van der Waals surface area (Å²) in [6.45, 7) is 2.17. The van der Waals surface area contributed by atoms with E-state index in [0.29, 0.717) is 16.0 Å². The van der Waals surface area contributed by atoms with Crippen molar-refractivity contribution in [2.45, 2.75) is 18.8 Å². The van der Waals surface area contributed by atoms with Gasteiger partial charge in [-0.2, -0.15) is 0 Å². The molecule has 0 unspecified atom stereocenters. The van der Waals surface area contributed by atoms with Gasteiger partial charge in [0.1, 0.15) is 0 Å². The van der Waals surface area contributed by atoms with Crippen LogP contribution in [-0.2, 0) is 0 Å². The van der Waals surface area contributed by atoms with Crippen molar-refractivity contribution in [3.05, 3.63) is 38.6 Å². The fraction of sp³-hybridized carbons (Fsp3) is 0.357. The van der Waals surface area contributed by atoms with Crippen molar-refractivity contribution < 1.29 is 0 Å². The largest absolute Gasteiger partial charge is 0.317 e. The van der Waals surface area contributed by atoms with E-state index in [1.165, 1.54) is 17.8 Å². The van der Waals surface area contributed by atoms with Gasteiger partial charge in [0.05, 0.1) is 15.7 Å². The van der Waals surface area contributed by atoms with E-state index < -0.39 is 0 Å². The number of nitrogens with one attached hydrogen (secondary N) is 1. The van der Waals surface area contributed by atoms with Crippen LogP contribution in [0.15, 0.2) is 23.6 Å². The Balaban J connectivity index is 1.87. The Bertz CT molecular complexity index is 577. The highest BCUT2D eigenvalue weighted by Crippen LogP contribution is 2.34. The molecule has 0 amide bonds. The van der Waals surface area contributed by atoms with Crippen molar-refractivity contribution in [3.8, 4) is 11.3 Å². The Labute approximate surface area is 126 Å². The molecule has 1 aromatic heterocycles. The van der Waals surface area contributed by atoms with Gasteiger partial charge in [-0.05, 0) is 44.1 Å². The lowest BCUT2D eigenvalue weighted by molar-refractivity contribution is 0.459. The summed E-state index contributed by atoms with van der Waals surface area (Å²) >= 11 is 13.9. The molecule has 3 rings (SSSR count). The molecule has 2 heterocycles. The first-order valence-electron chi connectivity index (χ1n) is 6.35. The van der Waals surface area contributed by atoms with E-state index >= 15 is 0 Å². The number of thiazole rings is 1. The van der Waals surface area contributed by atoms with Crippen molar-refractivity contribution >= 4 is 34.5 Å². The van der Waals surface area contributed by atoms with Gasteiger partial charge in [-0.1, -0.05) is 23.2 Å². The average molecular weight is 313 g/mol. The van der Waals surface area contributed by atoms with Gasteiger partial charge >= 0.3 is 0 Å². The van der Waals surface area contributed by atoms with Crippen LogP contribution in [0.25, 0.3) is 11.3 Å². The molecule has 19 heavy (non-hydrogen) atoms. The molecule has 5 heteroatoms. The van der Waals surface area contributed by atoms with Crippen molar-refractivity contribution in [2.75, 3.05) is 13.1 Å². The first kappa shape index (κ1) is 13.4. The summed E-state index contributed by atoms with van der Waals surface area (Å²) in [6.07, 6.45) is 2.34. The molecule has 0 saturated carbocycles. The lowest BCUT2D eigenvalue weighted by Crippen LogP contribution is -2.26. The van der Waals surface area contributed by atoms with Crippen LogP contribution in [0, 0.1) is 0 Å². The third-order valence-corrected chi connectivity index (χ3v) is 4.97. The fourth-order valence-electron chi connectivity index (χ4n) is 2.36. The van der Waals surface area contributed by atoms with Gasteiger partial charge in [-0.15, -0.1) is 11.3 Å². The lowest BCUT2D eigenvalue weighted by Gasteiger charge is -2.20. The standard InChI is InChI=1S/C14H14Cl2N2S/c15-10-1-2-11(12(16)7-10)13-8-19-14(18-13)9-3-5-17-6-4-9/h1-2,7-9,17H,3-6H2. The van der Waals surface area contributed by atoms with Crippen LogP contribution < -0.4 is 5.32 Å². The van der Waals surface area contributed by atoms with Crippen LogP contribution in [0.4, 0.5) is 0 Å². The quantitative estimate of drug-likeness (QED) is 0.877. The van der Waals surface area contributed by atoms with Crippen LogP contribution in [0.1, 0.15) is 23.8 Å². The normalized spacial score (nSPS) is 16.7. The molecule has 0 spiro atoms. The van der Waals surface area contributed by atoms with E-state index in [0.717, 1.165) is 24.3 Å². The summed E-state index contributed by atoms with van der Waals surface area (Å²) in [4.78, 5) is 4.76. The minimum atomic E-state index is 0.589. The summed E-state index contributed by atoms with van der Waals surface area (Å²) in [5, 5.41) is 8.01. The maximum absolute atomic E-state index is 6.23. The van der Waals surface area contributed by atoms with Gasteiger partial charge in [0.2, 0.25) is 0 Å². The molecule has 0 radical (unpaired) electrons. The van der Waals surface area contributed by atoms with Crippen molar-refractivity contribution in [1.82, 2.24) is 10.3 Å². The second-order valence-electron chi connectivity index (χ2n) is 4.72. The second-order valence-corrected chi connectivity index (χ2v) is 6.45. The predicted octanol–water partition coefficient (Wildman–Crippen LogP) is 4.58. The van der Waals surface area contributed by atoms with Crippen LogP contribution in [0.3, 0.4) is 0 Å². The Morgan fingerprint density at radius 1 is 1.21 bits per heavy atom. The molecule has 1 N–H and O–H groups in total. The summed E-state index contributed by atoms with van der Waals surface area (Å²) in [5.74, 6) is 0.589. The van der Waals surface area contributed by atoms with Crippen LogP contribution in [-0.4, -0.2) is 18.1 Å². The molecule has 1 aromatic carbocycles. The van der Waals surface area contributed by atoms with E-state index in [9.17, 15) is 0 Å². The summed E-state index contributed by atoms with van der Waals surface area (Å²) in [6, 6.07) is 5.56. The van der Waals surface area contributed by atoms with Crippen molar-refractivity contribution in [2.24, 2.45) is 0 Å². The predicted molar refractivity (Wildman–Crippen MR) is 82.4 cm³/mol. The number of nitrogens with zero attached hydrogens (tertiary/aromatic N) is 1. The van der Waals surface area contributed by atoms with Gasteiger partial charge in [0.15, 0.2) is 0 Å². The monoisotopic (exact) mass is 312 g/mol. The zero-order valence-electron chi connectivity index (χ0n) is 10.3. The van der Waals surface area contributed by atoms with E-state index in [2.05, 4.69) is 10.7 Å². The molecule has 0 atom stereocenters. The molecule has 1 fully saturated rings. The number of benzene rings is 1. The zero-order valence-corrected chi connectivity index (χ0v) is 12.7. The first-order chi connectivity index (χ1) is 9.24. The highest BCUT2D eigenvalue weighted by Gasteiger charge is 2.19. The minimum absolute atomic E-state index is 0.589. The van der Waals surface area contributed by atoms with Gasteiger partial charge < -0.3 is 5.32 Å². The number of hydrogen-bond donors (Lipinski definition) is 1. The average Bonchev–Trinajstić information content (AvgIpc) is 2.89. The maximum atomic E-state index is 6.23. The number of halogens is 2. The second kappa shape index (κ2) is 5.80. The fourth-order valence-corrected chi connectivity index (χ4v) is 3.86. The smallest absolute Gasteiger partial charge is 0.0964 e. The SMILES string of the molecule is Clc1ccc(-c2csc(C3CCNCC3)n2)c(Cl)c1. The van der Waals surface area contributed by atoms with E-state index in [-0.39, 0.29) is 0 Å². The molecular weight excluding hydrogens is 299 g/mol. The van der Waals surface area contributed by atoms with E-state index in [1.54, 1.807) is 17.4 Å². The number of aromatic nitrogens is 1. The van der Waals surface area contributed by atoms with Gasteiger partial charge in [0.25, 0.3) is 0 Å². The lowest BCUT2D eigenvalue weighted by atomic mass is 9.99. The van der Waals surface area contributed by atoms with Crippen LogP contribution in [0.2, 0.25) is 10.0 Å². The molecule has 1 aliphatic heterocycles. The van der Waals surface area contributed by atoms with Gasteiger partial charge in [-0.25, -0.2) is 4.98 Å². The number of rotatable bonds is 2. The Morgan fingerprint density at radius 3 is 2.74 bits per heavy atom. The van der Waals surface area contributed by atoms with Gasteiger partial charge in [0, 0.05) is 21.9 Å².